The van der Waals surface area contributed by atoms with Crippen LogP contribution in [-0.2, 0) is 0 Å². The van der Waals surface area contributed by atoms with Crippen molar-refractivity contribution in [3.8, 4) is 6.07 Å². The summed E-state index contributed by atoms with van der Waals surface area (Å²) < 4.78 is 0. The molecule has 3 nitrogen and oxygen atoms in total. The number of rotatable bonds is 7. The number of aliphatic hydroxyl groups is 1. The van der Waals surface area contributed by atoms with E-state index in [2.05, 4.69) is 18.3 Å². The summed E-state index contributed by atoms with van der Waals surface area (Å²) in [4.78, 5) is 0. The van der Waals surface area contributed by atoms with E-state index in [4.69, 9.17) is 5.26 Å². The SMILES string of the molecule is CCC(O)CCNC(CC)CC#N. The zero-order valence-corrected chi connectivity index (χ0v) is 8.58. The van der Waals surface area contributed by atoms with Crippen molar-refractivity contribution in [2.75, 3.05) is 6.54 Å². The Morgan fingerprint density at radius 2 is 2.08 bits per heavy atom. The van der Waals surface area contributed by atoms with Crippen molar-refractivity contribution in [1.82, 2.24) is 5.32 Å². The molecule has 2 atom stereocenters. The topological polar surface area (TPSA) is 56.0 Å². The summed E-state index contributed by atoms with van der Waals surface area (Å²) in [5.74, 6) is 0. The third-order valence-electron chi connectivity index (χ3n) is 2.21. The predicted octanol–water partition coefficient (Wildman–Crippen LogP) is 1.43. The molecule has 0 saturated carbocycles. The average molecular weight is 184 g/mol. The maximum absolute atomic E-state index is 9.27. The van der Waals surface area contributed by atoms with Crippen molar-refractivity contribution in [2.45, 2.75) is 51.7 Å². The van der Waals surface area contributed by atoms with E-state index in [1.165, 1.54) is 0 Å². The minimum absolute atomic E-state index is 0.202. The van der Waals surface area contributed by atoms with Gasteiger partial charge in [-0.2, -0.15) is 5.26 Å². The highest BCUT2D eigenvalue weighted by Crippen LogP contribution is 1.99. The van der Waals surface area contributed by atoms with E-state index in [0.717, 1.165) is 25.8 Å². The molecule has 0 aromatic rings. The molecular formula is C10H20N2O. The number of aliphatic hydroxyl groups excluding tert-OH is 1. The highest BCUT2D eigenvalue weighted by molar-refractivity contribution is 4.79. The van der Waals surface area contributed by atoms with Crippen LogP contribution >= 0.6 is 0 Å². The van der Waals surface area contributed by atoms with Crippen LogP contribution in [0.15, 0.2) is 0 Å². The van der Waals surface area contributed by atoms with E-state index in [1.54, 1.807) is 0 Å². The first kappa shape index (κ1) is 12.4. The summed E-state index contributed by atoms with van der Waals surface area (Å²) in [6.07, 6.45) is 2.90. The van der Waals surface area contributed by atoms with Gasteiger partial charge in [-0.05, 0) is 25.8 Å². The van der Waals surface area contributed by atoms with Gasteiger partial charge in [-0.15, -0.1) is 0 Å². The quantitative estimate of drug-likeness (QED) is 0.629. The van der Waals surface area contributed by atoms with E-state index in [9.17, 15) is 5.11 Å². The second-order valence-electron chi connectivity index (χ2n) is 3.27. The van der Waals surface area contributed by atoms with E-state index in [-0.39, 0.29) is 12.1 Å². The van der Waals surface area contributed by atoms with Crippen LogP contribution in [0.25, 0.3) is 0 Å². The minimum Gasteiger partial charge on any atom is -0.393 e. The Labute approximate surface area is 80.8 Å². The standard InChI is InChI=1S/C10H20N2O/c1-3-9(5-7-11)12-8-6-10(13)4-2/h9-10,12-13H,3-6,8H2,1-2H3. The lowest BCUT2D eigenvalue weighted by molar-refractivity contribution is 0.158. The zero-order chi connectivity index (χ0) is 10.1. The molecule has 3 heteroatoms. The molecule has 0 heterocycles. The Balaban J connectivity index is 3.44. The monoisotopic (exact) mass is 184 g/mol. The molecule has 0 radical (unpaired) electrons. The van der Waals surface area contributed by atoms with Gasteiger partial charge in [0, 0.05) is 6.04 Å². The lowest BCUT2D eigenvalue weighted by atomic mass is 10.1. The normalized spacial score (nSPS) is 14.9. The third kappa shape index (κ3) is 6.56. The van der Waals surface area contributed by atoms with Crippen LogP contribution in [0.2, 0.25) is 0 Å². The van der Waals surface area contributed by atoms with Crippen molar-refractivity contribution < 1.29 is 5.11 Å². The summed E-state index contributed by atoms with van der Waals surface area (Å²) in [5.41, 5.74) is 0. The first-order valence-corrected chi connectivity index (χ1v) is 5.02. The third-order valence-corrected chi connectivity index (χ3v) is 2.21. The zero-order valence-electron chi connectivity index (χ0n) is 8.58. The van der Waals surface area contributed by atoms with Gasteiger partial charge in [-0.1, -0.05) is 13.8 Å². The van der Waals surface area contributed by atoms with Crippen molar-refractivity contribution >= 4 is 0 Å². The highest BCUT2D eigenvalue weighted by atomic mass is 16.3. The van der Waals surface area contributed by atoms with Crippen LogP contribution in [0.3, 0.4) is 0 Å². The van der Waals surface area contributed by atoms with Gasteiger partial charge in [0.05, 0.1) is 18.6 Å². The Kier molecular flexibility index (Phi) is 7.66. The van der Waals surface area contributed by atoms with Crippen molar-refractivity contribution in [3.63, 3.8) is 0 Å². The fraction of sp³-hybridized carbons (Fsp3) is 0.900. The van der Waals surface area contributed by atoms with E-state index in [1.807, 2.05) is 6.92 Å². The molecule has 0 aromatic heterocycles. The van der Waals surface area contributed by atoms with E-state index >= 15 is 0 Å². The van der Waals surface area contributed by atoms with Gasteiger partial charge in [0.15, 0.2) is 0 Å². The number of hydrogen-bond donors (Lipinski definition) is 2. The van der Waals surface area contributed by atoms with Crippen LogP contribution in [0, 0.1) is 11.3 Å². The second kappa shape index (κ2) is 8.03. The summed E-state index contributed by atoms with van der Waals surface area (Å²) in [7, 11) is 0. The second-order valence-corrected chi connectivity index (χ2v) is 3.27. The van der Waals surface area contributed by atoms with Gasteiger partial charge in [-0.3, -0.25) is 0 Å². The summed E-state index contributed by atoms with van der Waals surface area (Å²) in [6, 6.07) is 2.43. The van der Waals surface area contributed by atoms with Gasteiger partial charge in [0.1, 0.15) is 0 Å². The van der Waals surface area contributed by atoms with Gasteiger partial charge < -0.3 is 10.4 Å². The molecule has 0 aromatic carbocycles. The largest absolute Gasteiger partial charge is 0.393 e. The fourth-order valence-electron chi connectivity index (χ4n) is 1.13. The number of nitrogens with one attached hydrogen (secondary N) is 1. The van der Waals surface area contributed by atoms with Gasteiger partial charge in [0.2, 0.25) is 0 Å². The highest BCUT2D eigenvalue weighted by Gasteiger charge is 2.05. The molecule has 0 bridgehead atoms. The number of hydrogen-bond acceptors (Lipinski definition) is 3. The predicted molar refractivity (Wildman–Crippen MR) is 53.2 cm³/mol. The molecule has 0 aliphatic carbocycles. The number of nitriles is 1. The number of nitrogens with zero attached hydrogens (tertiary/aromatic N) is 1. The molecule has 0 aliphatic heterocycles. The van der Waals surface area contributed by atoms with Gasteiger partial charge >= 0.3 is 0 Å². The van der Waals surface area contributed by atoms with E-state index < -0.39 is 0 Å². The molecule has 2 unspecified atom stereocenters. The van der Waals surface area contributed by atoms with Gasteiger partial charge in [0.25, 0.3) is 0 Å². The van der Waals surface area contributed by atoms with Crippen LogP contribution in [0.4, 0.5) is 0 Å². The first-order valence-electron chi connectivity index (χ1n) is 5.02. The molecule has 0 saturated heterocycles. The molecule has 0 amide bonds. The molecule has 0 rings (SSSR count). The van der Waals surface area contributed by atoms with Gasteiger partial charge in [-0.25, -0.2) is 0 Å². The smallest absolute Gasteiger partial charge is 0.0638 e. The summed E-state index contributed by atoms with van der Waals surface area (Å²) in [5, 5.41) is 21.0. The maximum atomic E-state index is 9.27. The minimum atomic E-state index is -0.202. The van der Waals surface area contributed by atoms with Crippen LogP contribution in [-0.4, -0.2) is 23.8 Å². The Bertz CT molecular complexity index is 153. The average Bonchev–Trinajstić information content (AvgIpc) is 2.16. The maximum Gasteiger partial charge on any atom is 0.0638 e. The van der Waals surface area contributed by atoms with Crippen molar-refractivity contribution in [3.05, 3.63) is 0 Å². The summed E-state index contributed by atoms with van der Waals surface area (Å²) >= 11 is 0. The van der Waals surface area contributed by atoms with Crippen molar-refractivity contribution in [2.24, 2.45) is 0 Å². The molecular weight excluding hydrogens is 164 g/mol. The molecule has 2 N–H and O–H groups in total. The Hall–Kier alpha value is -0.590. The van der Waals surface area contributed by atoms with Crippen LogP contribution < -0.4 is 5.32 Å². The molecule has 0 fully saturated rings. The Morgan fingerprint density at radius 3 is 2.54 bits per heavy atom. The first-order chi connectivity index (χ1) is 6.24. The van der Waals surface area contributed by atoms with E-state index in [0.29, 0.717) is 6.42 Å². The lowest BCUT2D eigenvalue weighted by Crippen LogP contribution is -2.30. The van der Waals surface area contributed by atoms with Crippen LogP contribution in [0.1, 0.15) is 39.5 Å². The van der Waals surface area contributed by atoms with Crippen molar-refractivity contribution in [1.29, 1.82) is 5.26 Å². The summed E-state index contributed by atoms with van der Waals surface area (Å²) in [6.45, 7) is 4.83. The van der Waals surface area contributed by atoms with Crippen LogP contribution in [0.5, 0.6) is 0 Å². The molecule has 0 aliphatic rings. The lowest BCUT2D eigenvalue weighted by Gasteiger charge is -2.14. The molecule has 76 valence electrons. The Morgan fingerprint density at radius 1 is 1.38 bits per heavy atom. The molecule has 0 spiro atoms. The molecule has 13 heavy (non-hydrogen) atoms. The fourth-order valence-corrected chi connectivity index (χ4v) is 1.13.